The minimum Gasteiger partial charge on any atom is -0.489 e. The van der Waals surface area contributed by atoms with E-state index in [9.17, 15) is 0 Å². The van der Waals surface area contributed by atoms with Gasteiger partial charge in [-0.25, -0.2) is 0 Å². The summed E-state index contributed by atoms with van der Waals surface area (Å²) in [5.74, 6) is 1.04. The van der Waals surface area contributed by atoms with Gasteiger partial charge in [0.1, 0.15) is 11.9 Å². The third-order valence-corrected chi connectivity index (χ3v) is 3.01. The number of hydrogen-bond acceptors (Lipinski definition) is 2. The van der Waals surface area contributed by atoms with Crippen molar-refractivity contribution in [3.8, 4) is 5.75 Å². The molecule has 0 amide bonds. The lowest BCUT2D eigenvalue weighted by atomic mass is 10.1. The van der Waals surface area contributed by atoms with Crippen molar-refractivity contribution < 1.29 is 4.74 Å². The van der Waals surface area contributed by atoms with Crippen LogP contribution in [-0.4, -0.2) is 18.7 Å². The fourth-order valence-electron chi connectivity index (χ4n) is 1.75. The summed E-state index contributed by atoms with van der Waals surface area (Å²) in [5.41, 5.74) is 3.75. The number of rotatable bonds is 5. The van der Waals surface area contributed by atoms with Gasteiger partial charge in [-0.1, -0.05) is 26.0 Å². The topological polar surface area (TPSA) is 21.3 Å². The van der Waals surface area contributed by atoms with E-state index in [0.717, 1.165) is 12.3 Å². The average Bonchev–Trinajstić information content (AvgIpc) is 2.27. The van der Waals surface area contributed by atoms with Crippen molar-refractivity contribution in [2.45, 2.75) is 53.7 Å². The van der Waals surface area contributed by atoms with Gasteiger partial charge in [-0.3, -0.25) is 0 Å². The molecule has 0 aliphatic rings. The van der Waals surface area contributed by atoms with Crippen LogP contribution in [0, 0.1) is 20.8 Å². The third-order valence-electron chi connectivity index (χ3n) is 3.01. The van der Waals surface area contributed by atoms with Gasteiger partial charge in [-0.15, -0.1) is 0 Å². The second-order valence-electron chi connectivity index (χ2n) is 5.14. The number of benzene rings is 1. The molecule has 2 heteroatoms. The van der Waals surface area contributed by atoms with Gasteiger partial charge < -0.3 is 10.1 Å². The molecule has 1 aromatic carbocycles. The van der Waals surface area contributed by atoms with Crippen molar-refractivity contribution in [1.82, 2.24) is 5.32 Å². The zero-order valence-corrected chi connectivity index (χ0v) is 11.9. The smallest absolute Gasteiger partial charge is 0.125 e. The molecular formula is C15H25NO. The lowest BCUT2D eigenvalue weighted by Crippen LogP contribution is -2.33. The Balaban J connectivity index is 2.71. The largest absolute Gasteiger partial charge is 0.489 e. The number of nitrogens with one attached hydrogen (secondary N) is 1. The first-order chi connectivity index (χ1) is 7.91. The zero-order valence-electron chi connectivity index (χ0n) is 11.9. The normalized spacial score (nSPS) is 12.9. The Morgan fingerprint density at radius 1 is 1.06 bits per heavy atom. The van der Waals surface area contributed by atoms with E-state index in [1.165, 1.54) is 16.7 Å². The minimum absolute atomic E-state index is 0.191. The van der Waals surface area contributed by atoms with Crippen LogP contribution in [0.4, 0.5) is 0 Å². The summed E-state index contributed by atoms with van der Waals surface area (Å²) in [6, 6.07) is 4.77. The number of ether oxygens (including phenoxy) is 1. The van der Waals surface area contributed by atoms with Gasteiger partial charge in [0.25, 0.3) is 0 Å². The first kappa shape index (κ1) is 14.0. The molecule has 96 valence electrons. The van der Waals surface area contributed by atoms with Gasteiger partial charge in [0.05, 0.1) is 0 Å². The zero-order chi connectivity index (χ0) is 13.0. The van der Waals surface area contributed by atoms with Crippen LogP contribution < -0.4 is 10.1 Å². The van der Waals surface area contributed by atoms with E-state index < -0.39 is 0 Å². The van der Waals surface area contributed by atoms with Gasteiger partial charge in [0.2, 0.25) is 0 Å². The molecule has 1 atom stereocenters. The summed E-state index contributed by atoms with van der Waals surface area (Å²) in [6.07, 6.45) is 0.191. The highest BCUT2D eigenvalue weighted by Crippen LogP contribution is 2.26. The molecule has 0 aliphatic heterocycles. The quantitative estimate of drug-likeness (QED) is 0.845. The Kier molecular flexibility index (Phi) is 5.01. The second kappa shape index (κ2) is 6.06. The van der Waals surface area contributed by atoms with E-state index in [2.05, 4.69) is 59.0 Å². The van der Waals surface area contributed by atoms with Crippen molar-refractivity contribution in [1.29, 1.82) is 0 Å². The van der Waals surface area contributed by atoms with Crippen LogP contribution in [-0.2, 0) is 0 Å². The van der Waals surface area contributed by atoms with Crippen molar-refractivity contribution in [2.24, 2.45) is 0 Å². The molecule has 0 aromatic heterocycles. The molecule has 2 nitrogen and oxygen atoms in total. The summed E-state index contributed by atoms with van der Waals surface area (Å²) in [6.45, 7) is 13.6. The molecule has 0 saturated carbocycles. The molecule has 0 spiro atoms. The molecule has 0 fully saturated rings. The first-order valence-corrected chi connectivity index (χ1v) is 6.38. The summed E-state index contributed by atoms with van der Waals surface area (Å²) >= 11 is 0. The van der Waals surface area contributed by atoms with E-state index in [-0.39, 0.29) is 6.10 Å². The molecule has 0 bridgehead atoms. The lowest BCUT2D eigenvalue weighted by molar-refractivity contribution is 0.211. The van der Waals surface area contributed by atoms with Crippen molar-refractivity contribution in [3.63, 3.8) is 0 Å². The van der Waals surface area contributed by atoms with Crippen LogP contribution in [0.25, 0.3) is 0 Å². The van der Waals surface area contributed by atoms with E-state index in [0.29, 0.717) is 6.04 Å². The Labute approximate surface area is 105 Å². The summed E-state index contributed by atoms with van der Waals surface area (Å²) in [4.78, 5) is 0. The first-order valence-electron chi connectivity index (χ1n) is 6.38. The highest BCUT2D eigenvalue weighted by atomic mass is 16.5. The molecule has 1 N–H and O–H groups in total. The number of aryl methyl sites for hydroxylation is 2. The molecule has 17 heavy (non-hydrogen) atoms. The van der Waals surface area contributed by atoms with Gasteiger partial charge in [0, 0.05) is 12.6 Å². The van der Waals surface area contributed by atoms with Gasteiger partial charge in [0.15, 0.2) is 0 Å². The fourth-order valence-corrected chi connectivity index (χ4v) is 1.75. The Morgan fingerprint density at radius 3 is 2.24 bits per heavy atom. The predicted octanol–water partition coefficient (Wildman–Crippen LogP) is 3.38. The van der Waals surface area contributed by atoms with Gasteiger partial charge in [-0.2, -0.15) is 0 Å². The van der Waals surface area contributed by atoms with Crippen molar-refractivity contribution >= 4 is 0 Å². The van der Waals surface area contributed by atoms with Crippen LogP contribution in [0.3, 0.4) is 0 Å². The van der Waals surface area contributed by atoms with Crippen LogP contribution in [0.15, 0.2) is 12.1 Å². The monoisotopic (exact) mass is 235 g/mol. The van der Waals surface area contributed by atoms with Crippen molar-refractivity contribution in [3.05, 3.63) is 28.8 Å². The van der Waals surface area contributed by atoms with Crippen LogP contribution in [0.1, 0.15) is 37.5 Å². The molecule has 1 rings (SSSR count). The Hall–Kier alpha value is -1.02. The lowest BCUT2D eigenvalue weighted by Gasteiger charge is -2.20. The van der Waals surface area contributed by atoms with Gasteiger partial charge >= 0.3 is 0 Å². The van der Waals surface area contributed by atoms with Crippen LogP contribution in [0.2, 0.25) is 0 Å². The molecule has 0 radical (unpaired) electrons. The second-order valence-corrected chi connectivity index (χ2v) is 5.14. The van der Waals surface area contributed by atoms with E-state index in [1.807, 2.05) is 0 Å². The third kappa shape index (κ3) is 4.04. The predicted molar refractivity (Wildman–Crippen MR) is 73.9 cm³/mol. The van der Waals surface area contributed by atoms with Gasteiger partial charge in [-0.05, 0) is 44.4 Å². The number of hydrogen-bond donors (Lipinski definition) is 1. The van der Waals surface area contributed by atoms with Crippen molar-refractivity contribution in [2.75, 3.05) is 6.54 Å². The molecule has 0 aliphatic carbocycles. The maximum absolute atomic E-state index is 6.04. The van der Waals surface area contributed by atoms with Crippen LogP contribution >= 0.6 is 0 Å². The molecule has 1 aromatic rings. The highest BCUT2D eigenvalue weighted by Gasteiger charge is 2.10. The standard InChI is InChI=1S/C15H25NO/c1-10(2)16-9-13(5)17-15-12(4)8-7-11(3)14(15)6/h7-8,10,13,16H,9H2,1-6H3. The van der Waals surface area contributed by atoms with E-state index in [1.54, 1.807) is 0 Å². The van der Waals surface area contributed by atoms with E-state index in [4.69, 9.17) is 4.74 Å². The Morgan fingerprint density at radius 2 is 1.65 bits per heavy atom. The maximum Gasteiger partial charge on any atom is 0.125 e. The summed E-state index contributed by atoms with van der Waals surface area (Å²) in [7, 11) is 0. The van der Waals surface area contributed by atoms with E-state index >= 15 is 0 Å². The maximum atomic E-state index is 6.04. The molecule has 0 heterocycles. The summed E-state index contributed by atoms with van der Waals surface area (Å²) < 4.78 is 6.04. The van der Waals surface area contributed by atoms with Crippen LogP contribution in [0.5, 0.6) is 5.75 Å². The Bertz CT molecular complexity index is 371. The molecule has 1 unspecified atom stereocenters. The minimum atomic E-state index is 0.191. The SMILES string of the molecule is Cc1ccc(C)c(OC(C)CNC(C)C)c1C. The molecular weight excluding hydrogens is 210 g/mol. The summed E-state index contributed by atoms with van der Waals surface area (Å²) in [5, 5.41) is 3.39. The highest BCUT2D eigenvalue weighted by molar-refractivity contribution is 5.44. The average molecular weight is 235 g/mol. The fraction of sp³-hybridized carbons (Fsp3) is 0.600. The molecule has 0 saturated heterocycles.